The minimum Gasteiger partial charge on any atom is -0.381 e. The molecule has 19 heavy (non-hydrogen) atoms. The normalized spacial score (nSPS) is 19.9. The molecule has 1 saturated heterocycles. The van der Waals surface area contributed by atoms with Crippen LogP contribution in [0.1, 0.15) is 12.8 Å². The molecular weight excluding hydrogens is 268 g/mol. The number of primary sulfonamides is 1. The molecule has 1 aliphatic rings. The summed E-state index contributed by atoms with van der Waals surface area (Å²) in [5, 5.41) is 7.72. The molecule has 0 spiro atoms. The standard InChI is InChI=1S/C12H16N2O4S/c13-19(16,17)11-5-1-4-10(7-11)14-12(15)9-3-2-6-18-8-9/h1,4-5,7,9H,2-3,6,8H2,(H,14,15)(H2,13,16,17). The van der Waals surface area contributed by atoms with Crippen molar-refractivity contribution in [1.29, 1.82) is 0 Å². The number of nitrogens with two attached hydrogens (primary N) is 1. The molecule has 104 valence electrons. The average molecular weight is 284 g/mol. The summed E-state index contributed by atoms with van der Waals surface area (Å²) < 4.78 is 27.7. The number of amides is 1. The highest BCUT2D eigenvalue weighted by molar-refractivity contribution is 7.89. The summed E-state index contributed by atoms with van der Waals surface area (Å²) in [4.78, 5) is 11.9. The fourth-order valence-corrected chi connectivity index (χ4v) is 2.50. The lowest BCUT2D eigenvalue weighted by Crippen LogP contribution is -2.30. The largest absolute Gasteiger partial charge is 0.381 e. The van der Waals surface area contributed by atoms with Crippen LogP contribution in [0.4, 0.5) is 5.69 Å². The van der Waals surface area contributed by atoms with Gasteiger partial charge in [0.15, 0.2) is 0 Å². The zero-order chi connectivity index (χ0) is 13.9. The van der Waals surface area contributed by atoms with Crippen LogP contribution >= 0.6 is 0 Å². The molecule has 1 unspecified atom stereocenters. The summed E-state index contributed by atoms with van der Waals surface area (Å²) in [6.45, 7) is 1.09. The van der Waals surface area contributed by atoms with E-state index >= 15 is 0 Å². The van der Waals surface area contributed by atoms with Gasteiger partial charge in [-0.25, -0.2) is 13.6 Å². The van der Waals surface area contributed by atoms with Crippen molar-refractivity contribution in [3.05, 3.63) is 24.3 Å². The van der Waals surface area contributed by atoms with Crippen molar-refractivity contribution >= 4 is 21.6 Å². The molecule has 0 aliphatic carbocycles. The summed E-state index contributed by atoms with van der Waals surface area (Å²) in [6, 6.07) is 5.88. The second kappa shape index (κ2) is 5.68. The number of anilines is 1. The summed E-state index contributed by atoms with van der Waals surface area (Å²) in [5.74, 6) is -0.349. The van der Waals surface area contributed by atoms with E-state index in [1.165, 1.54) is 18.2 Å². The summed E-state index contributed by atoms with van der Waals surface area (Å²) in [7, 11) is -3.76. The second-order valence-electron chi connectivity index (χ2n) is 4.48. The first-order valence-electron chi connectivity index (χ1n) is 5.98. The number of hydrogen-bond acceptors (Lipinski definition) is 4. The van der Waals surface area contributed by atoms with Crippen LogP contribution in [0.5, 0.6) is 0 Å². The van der Waals surface area contributed by atoms with Gasteiger partial charge in [0.2, 0.25) is 15.9 Å². The number of carbonyl (C=O) groups excluding carboxylic acids is 1. The molecule has 1 aromatic rings. The van der Waals surface area contributed by atoms with E-state index < -0.39 is 10.0 Å². The summed E-state index contributed by atoms with van der Waals surface area (Å²) >= 11 is 0. The summed E-state index contributed by atoms with van der Waals surface area (Å²) in [6.07, 6.45) is 1.63. The quantitative estimate of drug-likeness (QED) is 0.853. The Morgan fingerprint density at radius 3 is 2.84 bits per heavy atom. The van der Waals surface area contributed by atoms with Crippen molar-refractivity contribution in [2.75, 3.05) is 18.5 Å². The van der Waals surface area contributed by atoms with Crippen LogP contribution in [-0.2, 0) is 19.6 Å². The molecule has 0 radical (unpaired) electrons. The SMILES string of the molecule is NS(=O)(=O)c1cccc(NC(=O)C2CCCOC2)c1. The molecule has 1 aliphatic heterocycles. The first-order valence-corrected chi connectivity index (χ1v) is 7.53. The van der Waals surface area contributed by atoms with Gasteiger partial charge in [-0.2, -0.15) is 0 Å². The molecule has 0 saturated carbocycles. The van der Waals surface area contributed by atoms with Gasteiger partial charge in [0, 0.05) is 12.3 Å². The van der Waals surface area contributed by atoms with Gasteiger partial charge in [0.25, 0.3) is 0 Å². The van der Waals surface area contributed by atoms with Crippen LogP contribution in [0.3, 0.4) is 0 Å². The minimum absolute atomic E-state index is 0.0230. The lowest BCUT2D eigenvalue weighted by molar-refractivity contribution is -0.123. The van der Waals surface area contributed by atoms with E-state index in [1.54, 1.807) is 6.07 Å². The Balaban J connectivity index is 2.08. The number of hydrogen-bond donors (Lipinski definition) is 2. The van der Waals surface area contributed by atoms with Crippen LogP contribution in [0.2, 0.25) is 0 Å². The Morgan fingerprint density at radius 1 is 1.42 bits per heavy atom. The second-order valence-corrected chi connectivity index (χ2v) is 6.04. The van der Waals surface area contributed by atoms with Gasteiger partial charge in [-0.05, 0) is 31.0 Å². The van der Waals surface area contributed by atoms with E-state index in [-0.39, 0.29) is 16.7 Å². The highest BCUT2D eigenvalue weighted by atomic mass is 32.2. The molecule has 1 heterocycles. The van der Waals surface area contributed by atoms with Gasteiger partial charge < -0.3 is 10.1 Å². The number of sulfonamides is 1. The minimum atomic E-state index is -3.76. The smallest absolute Gasteiger partial charge is 0.238 e. The van der Waals surface area contributed by atoms with Crippen molar-refractivity contribution in [2.24, 2.45) is 11.1 Å². The first kappa shape index (κ1) is 14.0. The van der Waals surface area contributed by atoms with E-state index in [2.05, 4.69) is 5.32 Å². The molecular formula is C12H16N2O4S. The fraction of sp³-hybridized carbons (Fsp3) is 0.417. The molecule has 6 nitrogen and oxygen atoms in total. The number of benzene rings is 1. The van der Waals surface area contributed by atoms with Crippen molar-refractivity contribution in [3.8, 4) is 0 Å². The zero-order valence-electron chi connectivity index (χ0n) is 10.3. The number of nitrogens with one attached hydrogen (secondary N) is 1. The zero-order valence-corrected chi connectivity index (χ0v) is 11.2. The number of carbonyl (C=O) groups is 1. The van der Waals surface area contributed by atoms with Crippen molar-refractivity contribution < 1.29 is 17.9 Å². The van der Waals surface area contributed by atoms with Crippen molar-refractivity contribution in [3.63, 3.8) is 0 Å². The molecule has 1 amide bonds. The van der Waals surface area contributed by atoms with Gasteiger partial charge in [-0.3, -0.25) is 4.79 Å². The van der Waals surface area contributed by atoms with Crippen molar-refractivity contribution in [1.82, 2.24) is 0 Å². The number of rotatable bonds is 3. The van der Waals surface area contributed by atoms with E-state index in [0.717, 1.165) is 12.8 Å². The van der Waals surface area contributed by atoms with E-state index in [1.807, 2.05) is 0 Å². The maximum Gasteiger partial charge on any atom is 0.238 e. The van der Waals surface area contributed by atoms with Crippen LogP contribution in [-0.4, -0.2) is 27.5 Å². The highest BCUT2D eigenvalue weighted by Gasteiger charge is 2.22. The Kier molecular flexibility index (Phi) is 4.18. The molecule has 1 atom stereocenters. The third kappa shape index (κ3) is 3.76. The third-order valence-electron chi connectivity index (χ3n) is 2.96. The average Bonchev–Trinajstić information content (AvgIpc) is 2.39. The van der Waals surface area contributed by atoms with Gasteiger partial charge in [0.1, 0.15) is 0 Å². The van der Waals surface area contributed by atoms with Crippen LogP contribution in [0.25, 0.3) is 0 Å². The molecule has 1 fully saturated rings. The van der Waals surface area contributed by atoms with E-state index in [9.17, 15) is 13.2 Å². The van der Waals surface area contributed by atoms with E-state index in [4.69, 9.17) is 9.88 Å². The van der Waals surface area contributed by atoms with E-state index in [0.29, 0.717) is 18.9 Å². The third-order valence-corrected chi connectivity index (χ3v) is 3.87. The lowest BCUT2D eigenvalue weighted by atomic mass is 10.0. The Morgan fingerprint density at radius 2 is 2.21 bits per heavy atom. The van der Waals surface area contributed by atoms with Gasteiger partial charge in [-0.1, -0.05) is 6.07 Å². The molecule has 0 aromatic heterocycles. The van der Waals surface area contributed by atoms with Gasteiger partial charge in [-0.15, -0.1) is 0 Å². The lowest BCUT2D eigenvalue weighted by Gasteiger charge is -2.21. The monoisotopic (exact) mass is 284 g/mol. The molecule has 3 N–H and O–H groups in total. The Bertz CT molecular complexity index is 565. The topological polar surface area (TPSA) is 98.5 Å². The van der Waals surface area contributed by atoms with Gasteiger partial charge in [0.05, 0.1) is 17.4 Å². The highest BCUT2D eigenvalue weighted by Crippen LogP contribution is 2.18. The maximum absolute atomic E-state index is 12.0. The Hall–Kier alpha value is -1.44. The molecule has 2 rings (SSSR count). The fourth-order valence-electron chi connectivity index (χ4n) is 1.94. The summed E-state index contributed by atoms with van der Waals surface area (Å²) in [5.41, 5.74) is 0.419. The first-order chi connectivity index (χ1) is 8.97. The number of ether oxygens (including phenoxy) is 1. The predicted molar refractivity (Wildman–Crippen MR) is 70.0 cm³/mol. The molecule has 0 bridgehead atoms. The van der Waals surface area contributed by atoms with Crippen molar-refractivity contribution in [2.45, 2.75) is 17.7 Å². The van der Waals surface area contributed by atoms with Gasteiger partial charge >= 0.3 is 0 Å². The molecule has 7 heteroatoms. The molecule has 1 aromatic carbocycles. The van der Waals surface area contributed by atoms with Crippen LogP contribution < -0.4 is 10.5 Å². The predicted octanol–water partition coefficient (Wildman–Crippen LogP) is 0.699. The van der Waals surface area contributed by atoms with Crippen LogP contribution in [0, 0.1) is 5.92 Å². The Labute approximate surface area is 112 Å². The maximum atomic E-state index is 12.0. The van der Waals surface area contributed by atoms with Crippen LogP contribution in [0.15, 0.2) is 29.2 Å².